The summed E-state index contributed by atoms with van der Waals surface area (Å²) < 4.78 is 10.8. The van der Waals surface area contributed by atoms with Gasteiger partial charge in [-0.1, -0.05) is 35.9 Å². The average Bonchev–Trinajstić information content (AvgIpc) is 3.17. The van der Waals surface area contributed by atoms with Gasteiger partial charge < -0.3 is 14.5 Å². The molecule has 1 N–H and O–H groups in total. The molecule has 0 aliphatic rings. The summed E-state index contributed by atoms with van der Waals surface area (Å²) in [6.45, 7) is 3.34. The van der Waals surface area contributed by atoms with E-state index < -0.39 is 12.1 Å². The monoisotopic (exact) mass is 365 g/mol. The van der Waals surface area contributed by atoms with Gasteiger partial charge in [-0.05, 0) is 38.1 Å². The highest BCUT2D eigenvalue weighted by Gasteiger charge is 2.19. The summed E-state index contributed by atoms with van der Waals surface area (Å²) in [5, 5.41) is 10.4. The minimum Gasteiger partial charge on any atom is -0.451 e. The first-order valence-electron chi connectivity index (χ1n) is 8.46. The zero-order valence-electron chi connectivity index (χ0n) is 15.0. The average molecular weight is 365 g/mol. The van der Waals surface area contributed by atoms with Gasteiger partial charge in [0.2, 0.25) is 5.89 Å². The number of carbonyl (C=O) groups is 2. The second-order valence-electron chi connectivity index (χ2n) is 6.00. The van der Waals surface area contributed by atoms with E-state index in [1.54, 1.807) is 31.2 Å². The highest BCUT2D eigenvalue weighted by atomic mass is 16.6. The van der Waals surface area contributed by atoms with Crippen molar-refractivity contribution >= 4 is 11.9 Å². The number of aromatic nitrogens is 2. The quantitative estimate of drug-likeness (QED) is 0.675. The SMILES string of the molecule is Cc1cccc(-c2nnc(C(C)OC(=O)CNC(=O)c3ccccc3)o2)c1. The maximum absolute atomic E-state index is 12.0. The largest absolute Gasteiger partial charge is 0.451 e. The zero-order chi connectivity index (χ0) is 19.2. The van der Waals surface area contributed by atoms with Crippen molar-refractivity contribution in [1.29, 1.82) is 0 Å². The molecule has 0 fully saturated rings. The van der Waals surface area contributed by atoms with Crippen LogP contribution in [0.4, 0.5) is 0 Å². The van der Waals surface area contributed by atoms with Gasteiger partial charge in [0.1, 0.15) is 6.54 Å². The number of hydrogen-bond donors (Lipinski definition) is 1. The molecular weight excluding hydrogens is 346 g/mol. The minimum absolute atomic E-state index is 0.189. The summed E-state index contributed by atoms with van der Waals surface area (Å²) in [5.74, 6) is -0.398. The van der Waals surface area contributed by atoms with Gasteiger partial charge in [0, 0.05) is 11.1 Å². The normalized spacial score (nSPS) is 11.6. The van der Waals surface area contributed by atoms with Crippen LogP contribution in [-0.4, -0.2) is 28.6 Å². The summed E-state index contributed by atoms with van der Waals surface area (Å²) in [4.78, 5) is 23.9. The van der Waals surface area contributed by atoms with Crippen LogP contribution in [0.5, 0.6) is 0 Å². The van der Waals surface area contributed by atoms with Crippen LogP contribution in [0.2, 0.25) is 0 Å². The van der Waals surface area contributed by atoms with Gasteiger partial charge in [-0.15, -0.1) is 10.2 Å². The number of esters is 1. The van der Waals surface area contributed by atoms with Crippen molar-refractivity contribution in [3.05, 3.63) is 71.6 Å². The lowest BCUT2D eigenvalue weighted by molar-refractivity contribution is -0.148. The third kappa shape index (κ3) is 4.78. The second-order valence-corrected chi connectivity index (χ2v) is 6.00. The molecule has 1 atom stereocenters. The molecule has 0 aliphatic heterocycles. The molecule has 0 aliphatic carbocycles. The summed E-state index contributed by atoms with van der Waals surface area (Å²) in [7, 11) is 0. The Balaban J connectivity index is 1.55. The maximum atomic E-state index is 12.0. The fourth-order valence-electron chi connectivity index (χ4n) is 2.43. The Morgan fingerprint density at radius 3 is 2.63 bits per heavy atom. The van der Waals surface area contributed by atoms with E-state index in [1.165, 1.54) is 0 Å². The minimum atomic E-state index is -0.725. The van der Waals surface area contributed by atoms with Crippen LogP contribution in [0.15, 0.2) is 59.0 Å². The van der Waals surface area contributed by atoms with Gasteiger partial charge >= 0.3 is 5.97 Å². The third-order valence-corrected chi connectivity index (χ3v) is 3.79. The third-order valence-electron chi connectivity index (χ3n) is 3.79. The highest BCUT2D eigenvalue weighted by Crippen LogP contribution is 2.22. The predicted molar refractivity (Wildman–Crippen MR) is 97.8 cm³/mol. The van der Waals surface area contributed by atoms with Crippen molar-refractivity contribution in [1.82, 2.24) is 15.5 Å². The maximum Gasteiger partial charge on any atom is 0.326 e. The Labute approximate surface area is 156 Å². The number of hydrogen-bond acceptors (Lipinski definition) is 6. The van der Waals surface area contributed by atoms with Crippen molar-refractivity contribution < 1.29 is 18.7 Å². The van der Waals surface area contributed by atoms with Crippen LogP contribution in [0, 0.1) is 6.92 Å². The number of rotatable bonds is 6. The lowest BCUT2D eigenvalue weighted by Crippen LogP contribution is -2.31. The van der Waals surface area contributed by atoms with Crippen LogP contribution < -0.4 is 5.32 Å². The molecule has 0 saturated heterocycles. The van der Waals surface area contributed by atoms with E-state index in [0.29, 0.717) is 11.5 Å². The molecule has 1 aromatic heterocycles. The van der Waals surface area contributed by atoms with E-state index in [4.69, 9.17) is 9.15 Å². The van der Waals surface area contributed by atoms with Crippen molar-refractivity contribution in [2.45, 2.75) is 20.0 Å². The fraction of sp³-hybridized carbons (Fsp3) is 0.200. The van der Waals surface area contributed by atoms with Crippen LogP contribution in [0.3, 0.4) is 0 Å². The standard InChI is InChI=1S/C20H19N3O4/c1-13-7-6-10-16(11-13)20-23-22-19(27-20)14(2)26-17(24)12-21-18(25)15-8-4-3-5-9-15/h3-11,14H,12H2,1-2H3,(H,21,25). The molecule has 3 rings (SSSR count). The molecule has 0 bridgehead atoms. The second kappa shape index (κ2) is 8.27. The first kappa shape index (κ1) is 18.3. The van der Waals surface area contributed by atoms with Crippen LogP contribution in [0.1, 0.15) is 34.8 Å². The van der Waals surface area contributed by atoms with Gasteiger partial charge in [0.15, 0.2) is 6.10 Å². The topological polar surface area (TPSA) is 94.3 Å². The molecule has 2 aromatic carbocycles. The van der Waals surface area contributed by atoms with Gasteiger partial charge in [-0.2, -0.15) is 0 Å². The molecule has 1 heterocycles. The highest BCUT2D eigenvalue weighted by molar-refractivity contribution is 5.95. The molecule has 1 amide bonds. The summed E-state index contributed by atoms with van der Waals surface area (Å²) in [5.41, 5.74) is 2.33. The molecule has 7 heteroatoms. The van der Waals surface area contributed by atoms with Gasteiger partial charge in [-0.3, -0.25) is 9.59 Å². The first-order valence-corrected chi connectivity index (χ1v) is 8.46. The van der Waals surface area contributed by atoms with Crippen molar-refractivity contribution in [3.63, 3.8) is 0 Å². The van der Waals surface area contributed by atoms with Gasteiger partial charge in [0.05, 0.1) is 0 Å². The molecule has 1 unspecified atom stereocenters. The fourth-order valence-corrected chi connectivity index (χ4v) is 2.43. The number of benzene rings is 2. The Morgan fingerprint density at radius 2 is 1.89 bits per heavy atom. The van der Waals surface area contributed by atoms with E-state index in [0.717, 1.165) is 11.1 Å². The predicted octanol–water partition coefficient (Wildman–Crippen LogP) is 3.08. The molecule has 138 valence electrons. The van der Waals surface area contributed by atoms with Gasteiger partial charge in [-0.25, -0.2) is 0 Å². The molecule has 27 heavy (non-hydrogen) atoms. The molecule has 3 aromatic rings. The number of ether oxygens (including phenoxy) is 1. The Kier molecular flexibility index (Phi) is 5.61. The van der Waals surface area contributed by atoms with Crippen molar-refractivity contribution in [2.75, 3.05) is 6.54 Å². The summed E-state index contributed by atoms with van der Waals surface area (Å²) >= 11 is 0. The first-order chi connectivity index (χ1) is 13.0. The van der Waals surface area contributed by atoms with E-state index in [-0.39, 0.29) is 18.3 Å². The Morgan fingerprint density at radius 1 is 1.11 bits per heavy atom. The molecular formula is C20H19N3O4. The molecule has 0 saturated carbocycles. The zero-order valence-corrected chi connectivity index (χ0v) is 15.0. The Hall–Kier alpha value is -3.48. The van der Waals surface area contributed by atoms with E-state index in [1.807, 2.05) is 37.3 Å². The summed E-state index contributed by atoms with van der Waals surface area (Å²) in [6, 6.07) is 16.3. The number of aryl methyl sites for hydroxylation is 1. The van der Waals surface area contributed by atoms with Crippen molar-refractivity contribution in [2.24, 2.45) is 0 Å². The van der Waals surface area contributed by atoms with E-state index >= 15 is 0 Å². The van der Waals surface area contributed by atoms with Crippen LogP contribution in [0.25, 0.3) is 11.5 Å². The number of carbonyl (C=O) groups excluding carboxylic acids is 2. The number of amides is 1. The smallest absolute Gasteiger partial charge is 0.326 e. The van der Waals surface area contributed by atoms with Crippen LogP contribution in [-0.2, 0) is 9.53 Å². The van der Waals surface area contributed by atoms with Crippen LogP contribution >= 0.6 is 0 Å². The van der Waals surface area contributed by atoms with Crippen molar-refractivity contribution in [3.8, 4) is 11.5 Å². The molecule has 7 nitrogen and oxygen atoms in total. The van der Waals surface area contributed by atoms with Gasteiger partial charge in [0.25, 0.3) is 11.8 Å². The Bertz CT molecular complexity index is 937. The lowest BCUT2D eigenvalue weighted by Gasteiger charge is -2.10. The summed E-state index contributed by atoms with van der Waals surface area (Å²) in [6.07, 6.45) is -0.725. The number of nitrogens with zero attached hydrogens (tertiary/aromatic N) is 2. The lowest BCUT2D eigenvalue weighted by atomic mass is 10.1. The van der Waals surface area contributed by atoms with E-state index in [9.17, 15) is 9.59 Å². The molecule has 0 spiro atoms. The molecule has 0 radical (unpaired) electrons. The van der Waals surface area contributed by atoms with E-state index in [2.05, 4.69) is 15.5 Å². The number of nitrogens with one attached hydrogen (secondary N) is 1.